The number of likely N-dealkylation sites (tertiary alicyclic amines) is 1. The van der Waals surface area contributed by atoms with Crippen molar-refractivity contribution in [2.75, 3.05) is 6.54 Å². The Bertz CT molecular complexity index is 401. The largest absolute Gasteiger partial charge is 0.333 e. The first kappa shape index (κ1) is 12.1. The van der Waals surface area contributed by atoms with E-state index in [9.17, 15) is 4.79 Å². The zero-order valence-corrected chi connectivity index (χ0v) is 10.7. The normalized spacial score (nSPS) is 25.0. The quantitative estimate of drug-likeness (QED) is 0.849. The Morgan fingerprint density at radius 3 is 2.94 bits per heavy atom. The van der Waals surface area contributed by atoms with Gasteiger partial charge in [-0.1, -0.05) is 13.8 Å². The number of aromatic amines is 1. The van der Waals surface area contributed by atoms with Crippen LogP contribution < -0.4 is 0 Å². The summed E-state index contributed by atoms with van der Waals surface area (Å²) in [7, 11) is 0. The summed E-state index contributed by atoms with van der Waals surface area (Å²) in [4.78, 5) is 18.4. The topological polar surface area (TPSA) is 61.9 Å². The molecule has 1 N–H and O–H groups in total. The van der Waals surface area contributed by atoms with Crippen molar-refractivity contribution in [2.24, 2.45) is 5.92 Å². The first-order chi connectivity index (χ1) is 8.13. The highest BCUT2D eigenvalue weighted by atomic mass is 16.2. The van der Waals surface area contributed by atoms with E-state index in [-0.39, 0.29) is 11.9 Å². The minimum Gasteiger partial charge on any atom is -0.333 e. The number of carbonyl (C=O) groups is 1. The van der Waals surface area contributed by atoms with E-state index in [4.69, 9.17) is 0 Å². The average Bonchev–Trinajstić information content (AvgIpc) is 2.80. The molecule has 1 aromatic heterocycles. The molecule has 2 heterocycles. The SMILES string of the molecule is CCc1nc(C(=O)N2CCCC(C)C2C)n[nH]1. The fourth-order valence-electron chi connectivity index (χ4n) is 2.30. The molecule has 0 saturated carbocycles. The van der Waals surface area contributed by atoms with Gasteiger partial charge < -0.3 is 4.90 Å². The van der Waals surface area contributed by atoms with E-state index in [1.165, 1.54) is 6.42 Å². The molecule has 0 spiro atoms. The van der Waals surface area contributed by atoms with Crippen molar-refractivity contribution in [3.05, 3.63) is 11.6 Å². The molecule has 1 aliphatic rings. The highest BCUT2D eigenvalue weighted by Gasteiger charge is 2.30. The van der Waals surface area contributed by atoms with Crippen molar-refractivity contribution < 1.29 is 4.79 Å². The minimum atomic E-state index is -0.0417. The van der Waals surface area contributed by atoms with Crippen LogP contribution >= 0.6 is 0 Å². The van der Waals surface area contributed by atoms with Crippen LogP contribution in [0.5, 0.6) is 0 Å². The summed E-state index contributed by atoms with van der Waals surface area (Å²) in [6.07, 6.45) is 3.04. The molecule has 5 heteroatoms. The zero-order valence-electron chi connectivity index (χ0n) is 10.7. The van der Waals surface area contributed by atoms with Crippen LogP contribution in [0, 0.1) is 5.92 Å². The standard InChI is InChI=1S/C12H20N4O/c1-4-10-13-11(15-14-10)12(17)16-7-5-6-8(2)9(16)3/h8-9H,4-7H2,1-3H3,(H,13,14,15). The van der Waals surface area contributed by atoms with E-state index in [0.29, 0.717) is 11.7 Å². The van der Waals surface area contributed by atoms with Gasteiger partial charge in [0.25, 0.3) is 5.91 Å². The molecule has 2 atom stereocenters. The molecule has 0 radical (unpaired) electrons. The van der Waals surface area contributed by atoms with Gasteiger partial charge in [0.2, 0.25) is 5.82 Å². The van der Waals surface area contributed by atoms with Crippen molar-refractivity contribution >= 4 is 5.91 Å². The predicted octanol–water partition coefficient (Wildman–Crippen LogP) is 1.63. The predicted molar refractivity (Wildman–Crippen MR) is 64.7 cm³/mol. The molecule has 0 bridgehead atoms. The van der Waals surface area contributed by atoms with Gasteiger partial charge in [-0.2, -0.15) is 0 Å². The second kappa shape index (κ2) is 4.85. The van der Waals surface area contributed by atoms with Gasteiger partial charge in [0, 0.05) is 19.0 Å². The summed E-state index contributed by atoms with van der Waals surface area (Å²) >= 11 is 0. The highest BCUT2D eigenvalue weighted by Crippen LogP contribution is 2.23. The Labute approximate surface area is 102 Å². The van der Waals surface area contributed by atoms with Crippen molar-refractivity contribution in [1.29, 1.82) is 0 Å². The number of aryl methyl sites for hydroxylation is 1. The maximum atomic E-state index is 12.3. The van der Waals surface area contributed by atoms with Gasteiger partial charge in [0.15, 0.2) is 0 Å². The third-order valence-electron chi connectivity index (χ3n) is 3.69. The highest BCUT2D eigenvalue weighted by molar-refractivity contribution is 5.90. The Morgan fingerprint density at radius 1 is 1.53 bits per heavy atom. The first-order valence-electron chi connectivity index (χ1n) is 6.35. The number of H-pyrrole nitrogens is 1. The number of nitrogens with zero attached hydrogens (tertiary/aromatic N) is 3. The molecular weight excluding hydrogens is 216 g/mol. The second-order valence-electron chi connectivity index (χ2n) is 4.82. The van der Waals surface area contributed by atoms with Gasteiger partial charge in [-0.15, -0.1) is 5.10 Å². The molecule has 1 amide bonds. The summed E-state index contributed by atoms with van der Waals surface area (Å²) in [5, 5.41) is 6.79. The van der Waals surface area contributed by atoms with Gasteiger partial charge in [-0.25, -0.2) is 4.98 Å². The molecule has 1 aromatic rings. The summed E-state index contributed by atoms with van der Waals surface area (Å²) < 4.78 is 0. The Morgan fingerprint density at radius 2 is 2.29 bits per heavy atom. The van der Waals surface area contributed by atoms with Crippen molar-refractivity contribution in [3.8, 4) is 0 Å². The Kier molecular flexibility index (Phi) is 3.45. The van der Waals surface area contributed by atoms with Gasteiger partial charge >= 0.3 is 0 Å². The number of piperidine rings is 1. The Balaban J connectivity index is 2.13. The van der Waals surface area contributed by atoms with Crippen LogP contribution in [0.2, 0.25) is 0 Å². The molecule has 0 aromatic carbocycles. The molecule has 1 aliphatic heterocycles. The fourth-order valence-corrected chi connectivity index (χ4v) is 2.30. The van der Waals surface area contributed by atoms with Crippen LogP contribution in [-0.2, 0) is 6.42 Å². The molecule has 0 aliphatic carbocycles. The molecule has 94 valence electrons. The summed E-state index contributed by atoms with van der Waals surface area (Å²) in [6, 6.07) is 0.278. The maximum absolute atomic E-state index is 12.3. The van der Waals surface area contributed by atoms with Gasteiger partial charge in [-0.05, 0) is 25.7 Å². The molecule has 1 saturated heterocycles. The smallest absolute Gasteiger partial charge is 0.293 e. The van der Waals surface area contributed by atoms with Gasteiger partial charge in [0.1, 0.15) is 5.82 Å². The Hall–Kier alpha value is -1.39. The second-order valence-corrected chi connectivity index (χ2v) is 4.82. The monoisotopic (exact) mass is 236 g/mol. The van der Waals surface area contributed by atoms with E-state index in [1.807, 2.05) is 11.8 Å². The molecule has 2 rings (SSSR count). The van der Waals surface area contributed by atoms with Crippen LogP contribution in [-0.4, -0.2) is 38.6 Å². The summed E-state index contributed by atoms with van der Waals surface area (Å²) in [6.45, 7) is 7.11. The average molecular weight is 236 g/mol. The van der Waals surface area contributed by atoms with Gasteiger partial charge in [-0.3, -0.25) is 9.89 Å². The third kappa shape index (κ3) is 2.33. The molecule has 5 nitrogen and oxygen atoms in total. The number of rotatable bonds is 2. The first-order valence-corrected chi connectivity index (χ1v) is 6.35. The van der Waals surface area contributed by atoms with E-state index in [1.54, 1.807) is 0 Å². The van der Waals surface area contributed by atoms with Crippen LogP contribution in [0.3, 0.4) is 0 Å². The minimum absolute atomic E-state index is 0.0417. The zero-order chi connectivity index (χ0) is 12.4. The van der Waals surface area contributed by atoms with Crippen LogP contribution in [0.1, 0.15) is 50.1 Å². The molecule has 17 heavy (non-hydrogen) atoms. The summed E-state index contributed by atoms with van der Waals surface area (Å²) in [5.74, 6) is 1.59. The lowest BCUT2D eigenvalue weighted by Gasteiger charge is -2.37. The molecular formula is C12H20N4O. The lowest BCUT2D eigenvalue weighted by atomic mass is 9.92. The number of amides is 1. The summed E-state index contributed by atoms with van der Waals surface area (Å²) in [5.41, 5.74) is 0. The van der Waals surface area contributed by atoms with Crippen molar-refractivity contribution in [3.63, 3.8) is 0 Å². The van der Waals surface area contributed by atoms with Crippen molar-refractivity contribution in [2.45, 2.75) is 46.1 Å². The van der Waals surface area contributed by atoms with Crippen LogP contribution in [0.25, 0.3) is 0 Å². The lowest BCUT2D eigenvalue weighted by molar-refractivity contribution is 0.0539. The van der Waals surface area contributed by atoms with Gasteiger partial charge in [0.05, 0.1) is 0 Å². The van der Waals surface area contributed by atoms with E-state index >= 15 is 0 Å². The maximum Gasteiger partial charge on any atom is 0.293 e. The fraction of sp³-hybridized carbons (Fsp3) is 0.750. The van der Waals surface area contributed by atoms with E-state index < -0.39 is 0 Å². The third-order valence-corrected chi connectivity index (χ3v) is 3.69. The van der Waals surface area contributed by atoms with E-state index in [2.05, 4.69) is 29.0 Å². The number of hydrogen-bond acceptors (Lipinski definition) is 3. The van der Waals surface area contributed by atoms with E-state index in [0.717, 1.165) is 25.2 Å². The number of hydrogen-bond donors (Lipinski definition) is 1. The molecule has 1 fully saturated rings. The number of carbonyl (C=O) groups excluding carboxylic acids is 1. The van der Waals surface area contributed by atoms with Crippen LogP contribution in [0.15, 0.2) is 0 Å². The lowest BCUT2D eigenvalue weighted by Crippen LogP contribution is -2.46. The number of aromatic nitrogens is 3. The van der Waals surface area contributed by atoms with Crippen LogP contribution in [0.4, 0.5) is 0 Å². The van der Waals surface area contributed by atoms with Crippen molar-refractivity contribution in [1.82, 2.24) is 20.1 Å². The number of nitrogens with one attached hydrogen (secondary N) is 1. The molecule has 2 unspecified atom stereocenters.